The highest BCUT2D eigenvalue weighted by Crippen LogP contribution is 2.36. The summed E-state index contributed by atoms with van der Waals surface area (Å²) in [5, 5.41) is 7.90. The molecular formula is C27H27F2N3O3S. The third-order valence-corrected chi connectivity index (χ3v) is 8.17. The molecule has 2 aliphatic rings. The van der Waals surface area contributed by atoms with Gasteiger partial charge in [0.25, 0.3) is 5.91 Å². The number of nitrogens with zero attached hydrogens (tertiary/aromatic N) is 2. The Morgan fingerprint density at radius 2 is 2.00 bits per heavy atom. The summed E-state index contributed by atoms with van der Waals surface area (Å²) in [6.45, 7) is -0.861. The molecule has 3 aromatic rings. The summed E-state index contributed by atoms with van der Waals surface area (Å²) in [5.74, 6) is 1.37. The molecule has 0 saturated carbocycles. The molecule has 6 nitrogen and oxygen atoms in total. The Kier molecular flexibility index (Phi) is 6.83. The lowest BCUT2D eigenvalue weighted by Gasteiger charge is -2.29. The number of nitrogens with one attached hydrogen (secondary N) is 1. The number of benzene rings is 2. The number of rotatable bonds is 6. The number of carbonyl (C=O) groups is 2. The van der Waals surface area contributed by atoms with Crippen LogP contribution in [-0.4, -0.2) is 45.3 Å². The van der Waals surface area contributed by atoms with Crippen LogP contribution in [0.1, 0.15) is 41.4 Å². The van der Waals surface area contributed by atoms with Crippen molar-refractivity contribution in [3.63, 3.8) is 0 Å². The topological polar surface area (TPSA) is 73.2 Å². The molecule has 1 aliphatic heterocycles. The van der Waals surface area contributed by atoms with E-state index in [1.807, 2.05) is 17.8 Å². The van der Waals surface area contributed by atoms with Crippen molar-refractivity contribution in [3.8, 4) is 17.0 Å². The molecule has 2 atom stereocenters. The van der Waals surface area contributed by atoms with Crippen molar-refractivity contribution in [2.75, 3.05) is 11.5 Å². The molecule has 1 aromatic heterocycles. The van der Waals surface area contributed by atoms with Crippen molar-refractivity contribution in [3.05, 3.63) is 71.4 Å². The average Bonchev–Trinajstić information content (AvgIpc) is 3.47. The lowest BCUT2D eigenvalue weighted by molar-refractivity contribution is -0.126. The Morgan fingerprint density at radius 3 is 2.72 bits per heavy atom. The zero-order valence-corrected chi connectivity index (χ0v) is 20.7. The minimum atomic E-state index is -2.94. The molecule has 1 fully saturated rings. The summed E-state index contributed by atoms with van der Waals surface area (Å²) in [4.78, 5) is 26.7. The molecule has 0 bridgehead atoms. The summed E-state index contributed by atoms with van der Waals surface area (Å²) in [6, 6.07) is 15.2. The first kappa shape index (κ1) is 24.5. The Hall–Kier alpha value is -3.20. The number of amides is 1. The van der Waals surface area contributed by atoms with Gasteiger partial charge in [0.2, 0.25) is 5.91 Å². The van der Waals surface area contributed by atoms with Gasteiger partial charge in [-0.05, 0) is 56.2 Å². The molecule has 5 rings (SSSR count). The van der Waals surface area contributed by atoms with E-state index in [1.165, 1.54) is 16.8 Å². The molecule has 0 spiro atoms. The predicted molar refractivity (Wildman–Crippen MR) is 134 cm³/mol. The van der Waals surface area contributed by atoms with Crippen LogP contribution in [0.4, 0.5) is 8.78 Å². The minimum Gasteiger partial charge on any atom is -0.435 e. The zero-order chi connectivity index (χ0) is 25.3. The van der Waals surface area contributed by atoms with Crippen molar-refractivity contribution in [2.45, 2.75) is 44.8 Å². The highest BCUT2D eigenvalue weighted by atomic mass is 32.2. The van der Waals surface area contributed by atoms with E-state index in [9.17, 15) is 18.4 Å². The molecule has 1 N–H and O–H groups in total. The van der Waals surface area contributed by atoms with E-state index in [-0.39, 0.29) is 29.0 Å². The van der Waals surface area contributed by atoms with Crippen molar-refractivity contribution >= 4 is 23.6 Å². The molecule has 1 saturated heterocycles. The van der Waals surface area contributed by atoms with Crippen LogP contribution in [0.3, 0.4) is 0 Å². The molecule has 1 amide bonds. The molecule has 2 unspecified atom stereocenters. The fourth-order valence-corrected chi connectivity index (χ4v) is 6.33. The van der Waals surface area contributed by atoms with Gasteiger partial charge >= 0.3 is 6.61 Å². The number of alkyl halides is 2. The molecular weight excluding hydrogens is 484 g/mol. The number of hydrogen-bond donors (Lipinski definition) is 1. The first-order valence-corrected chi connectivity index (χ1v) is 13.1. The lowest BCUT2D eigenvalue weighted by Crippen LogP contribution is -2.49. The largest absolute Gasteiger partial charge is 0.435 e. The van der Waals surface area contributed by atoms with E-state index in [4.69, 9.17) is 0 Å². The molecule has 188 valence electrons. The van der Waals surface area contributed by atoms with Gasteiger partial charge in [0.15, 0.2) is 0 Å². The fourth-order valence-electron chi connectivity index (χ4n) is 4.92. The van der Waals surface area contributed by atoms with Crippen LogP contribution in [0.5, 0.6) is 5.75 Å². The maximum Gasteiger partial charge on any atom is 0.387 e. The molecule has 2 heterocycles. The van der Waals surface area contributed by atoms with E-state index >= 15 is 0 Å². The Labute approximate surface area is 212 Å². The van der Waals surface area contributed by atoms with Crippen LogP contribution in [-0.2, 0) is 17.6 Å². The van der Waals surface area contributed by atoms with Gasteiger partial charge < -0.3 is 10.1 Å². The zero-order valence-electron chi connectivity index (χ0n) is 19.9. The quantitative estimate of drug-likeness (QED) is 0.507. The standard InChI is InChI=1S/C27H27F2N3O3S/c1-27(12-13-36-16-27)30-24(33)19-10-11-21-22(15-19)32(25(34)17-6-3-2-4-7-17)31-23(21)18-8-5-9-20(14-18)35-26(28)29/h2-9,14,19,26H,10-13,15-16H2,1H3,(H,30,33). The van der Waals surface area contributed by atoms with Crippen molar-refractivity contribution in [2.24, 2.45) is 5.92 Å². The molecule has 36 heavy (non-hydrogen) atoms. The van der Waals surface area contributed by atoms with Gasteiger partial charge in [-0.1, -0.05) is 30.3 Å². The van der Waals surface area contributed by atoms with Crippen LogP contribution in [0.25, 0.3) is 11.3 Å². The fraction of sp³-hybridized carbons (Fsp3) is 0.370. The average molecular weight is 512 g/mol. The molecule has 2 aromatic carbocycles. The van der Waals surface area contributed by atoms with Gasteiger partial charge in [-0.25, -0.2) is 0 Å². The van der Waals surface area contributed by atoms with Crippen LogP contribution in [0.2, 0.25) is 0 Å². The Balaban J connectivity index is 1.51. The van der Waals surface area contributed by atoms with Crippen molar-refractivity contribution in [1.82, 2.24) is 15.1 Å². The molecule has 9 heteroatoms. The normalized spacial score (nSPS) is 21.3. The van der Waals surface area contributed by atoms with Gasteiger partial charge in [0.1, 0.15) is 5.75 Å². The Morgan fingerprint density at radius 1 is 1.19 bits per heavy atom. The monoisotopic (exact) mass is 511 g/mol. The summed E-state index contributed by atoms with van der Waals surface area (Å²) in [5.41, 5.74) is 2.95. The van der Waals surface area contributed by atoms with Crippen LogP contribution >= 0.6 is 11.8 Å². The van der Waals surface area contributed by atoms with E-state index in [2.05, 4.69) is 22.1 Å². The van der Waals surface area contributed by atoms with Crippen LogP contribution < -0.4 is 10.1 Å². The molecule has 0 radical (unpaired) electrons. The summed E-state index contributed by atoms with van der Waals surface area (Å²) < 4.78 is 31.5. The maximum absolute atomic E-state index is 13.5. The first-order chi connectivity index (χ1) is 17.3. The van der Waals surface area contributed by atoms with Gasteiger partial charge in [-0.2, -0.15) is 30.3 Å². The SMILES string of the molecule is CC1(NC(=O)C2CCc3c(-c4cccc(OC(F)F)c4)nn(C(=O)c4ccccc4)c3C2)CCSC1. The van der Waals surface area contributed by atoms with Gasteiger partial charge in [-0.3, -0.25) is 9.59 Å². The summed E-state index contributed by atoms with van der Waals surface area (Å²) >= 11 is 1.84. The highest BCUT2D eigenvalue weighted by molar-refractivity contribution is 7.99. The van der Waals surface area contributed by atoms with Crippen LogP contribution in [0.15, 0.2) is 54.6 Å². The third-order valence-electron chi connectivity index (χ3n) is 6.83. The number of halogens is 2. The van der Waals surface area contributed by atoms with E-state index in [0.717, 1.165) is 23.5 Å². The summed E-state index contributed by atoms with van der Waals surface area (Å²) in [7, 11) is 0. The van der Waals surface area contributed by atoms with E-state index in [1.54, 1.807) is 36.4 Å². The second-order valence-corrected chi connectivity index (χ2v) is 10.7. The number of carbonyl (C=O) groups excluding carboxylic acids is 2. The minimum absolute atomic E-state index is 0.000518. The van der Waals surface area contributed by atoms with Gasteiger partial charge in [0.05, 0.1) is 11.4 Å². The van der Waals surface area contributed by atoms with Crippen molar-refractivity contribution in [1.29, 1.82) is 0 Å². The Bertz CT molecular complexity index is 1270. The maximum atomic E-state index is 13.5. The second kappa shape index (κ2) is 10.0. The van der Waals surface area contributed by atoms with Crippen LogP contribution in [0, 0.1) is 5.92 Å². The number of aromatic nitrogens is 2. The molecule has 1 aliphatic carbocycles. The van der Waals surface area contributed by atoms with Crippen molar-refractivity contribution < 1.29 is 23.1 Å². The van der Waals surface area contributed by atoms with Gasteiger partial charge in [0, 0.05) is 40.3 Å². The smallest absolute Gasteiger partial charge is 0.387 e. The number of ether oxygens (including phenoxy) is 1. The number of hydrogen-bond acceptors (Lipinski definition) is 5. The van der Waals surface area contributed by atoms with E-state index < -0.39 is 6.61 Å². The second-order valence-electron chi connectivity index (χ2n) is 9.56. The number of thioether (sulfide) groups is 1. The summed E-state index contributed by atoms with van der Waals surface area (Å²) in [6.07, 6.45) is 2.49. The third kappa shape index (κ3) is 5.02. The highest BCUT2D eigenvalue weighted by Gasteiger charge is 2.36. The van der Waals surface area contributed by atoms with Gasteiger partial charge in [-0.15, -0.1) is 0 Å². The predicted octanol–water partition coefficient (Wildman–Crippen LogP) is 4.96. The lowest BCUT2D eigenvalue weighted by atomic mass is 9.84. The van der Waals surface area contributed by atoms with E-state index in [0.29, 0.717) is 41.8 Å². The number of fused-ring (bicyclic) bond motifs is 1. The first-order valence-electron chi connectivity index (χ1n) is 12.0.